The Hall–Kier alpha value is -2.47. The largest absolute Gasteiger partial charge is 0.492 e. The predicted molar refractivity (Wildman–Crippen MR) is 103 cm³/mol. The van der Waals surface area contributed by atoms with Crippen molar-refractivity contribution in [3.05, 3.63) is 59.9 Å². The van der Waals surface area contributed by atoms with Crippen molar-refractivity contribution in [2.45, 2.75) is 23.8 Å². The standard InChI is InChI=1S/C20H22FN3O3S/c21-17-3-7-20(8-4-17)28(25,26)23-18-9-11-24(12-10-18)13-14-27-19-5-1-16(15-22)2-6-19/h1-8,18,23H,9-14H2. The molecule has 0 amide bonds. The zero-order valence-corrected chi connectivity index (χ0v) is 16.2. The number of hydrogen-bond acceptors (Lipinski definition) is 5. The molecule has 1 N–H and O–H groups in total. The molecule has 0 unspecified atom stereocenters. The number of benzene rings is 2. The van der Waals surface area contributed by atoms with E-state index in [1.165, 1.54) is 12.1 Å². The Morgan fingerprint density at radius 3 is 2.36 bits per heavy atom. The molecule has 0 radical (unpaired) electrons. The number of piperidine rings is 1. The van der Waals surface area contributed by atoms with Gasteiger partial charge < -0.3 is 4.74 Å². The van der Waals surface area contributed by atoms with Gasteiger partial charge in [0.2, 0.25) is 10.0 Å². The predicted octanol–water partition coefficient (Wildman–Crippen LogP) is 2.52. The average Bonchev–Trinajstić information content (AvgIpc) is 2.70. The summed E-state index contributed by atoms with van der Waals surface area (Å²) in [5, 5.41) is 8.79. The summed E-state index contributed by atoms with van der Waals surface area (Å²) in [5.41, 5.74) is 0.595. The van der Waals surface area contributed by atoms with Crippen molar-refractivity contribution < 1.29 is 17.5 Å². The molecule has 1 saturated heterocycles. The third-order valence-electron chi connectivity index (χ3n) is 4.69. The van der Waals surface area contributed by atoms with Crippen LogP contribution in [0.5, 0.6) is 5.75 Å². The van der Waals surface area contributed by atoms with E-state index in [1.807, 2.05) is 0 Å². The second kappa shape index (κ2) is 9.15. The summed E-state index contributed by atoms with van der Waals surface area (Å²) >= 11 is 0. The van der Waals surface area contributed by atoms with Gasteiger partial charge in [-0.25, -0.2) is 17.5 Å². The highest BCUT2D eigenvalue weighted by Crippen LogP contribution is 2.16. The Bertz CT molecular complexity index is 917. The van der Waals surface area contributed by atoms with Gasteiger partial charge in [0, 0.05) is 12.6 Å². The van der Waals surface area contributed by atoms with Gasteiger partial charge in [0.15, 0.2) is 0 Å². The third kappa shape index (κ3) is 5.52. The highest BCUT2D eigenvalue weighted by atomic mass is 32.2. The van der Waals surface area contributed by atoms with E-state index in [1.54, 1.807) is 24.3 Å². The number of nitriles is 1. The van der Waals surface area contributed by atoms with E-state index in [4.69, 9.17) is 10.00 Å². The van der Waals surface area contributed by atoms with E-state index < -0.39 is 15.8 Å². The van der Waals surface area contributed by atoms with Crippen LogP contribution >= 0.6 is 0 Å². The molecule has 0 spiro atoms. The molecule has 0 saturated carbocycles. The van der Waals surface area contributed by atoms with Crippen LogP contribution in [0.15, 0.2) is 53.4 Å². The second-order valence-corrected chi connectivity index (χ2v) is 8.39. The lowest BCUT2D eigenvalue weighted by Gasteiger charge is -2.32. The number of likely N-dealkylation sites (tertiary alicyclic amines) is 1. The van der Waals surface area contributed by atoms with Gasteiger partial charge in [-0.15, -0.1) is 0 Å². The van der Waals surface area contributed by atoms with E-state index >= 15 is 0 Å². The molecule has 2 aromatic carbocycles. The van der Waals surface area contributed by atoms with Crippen LogP contribution in [0.3, 0.4) is 0 Å². The fraction of sp³-hybridized carbons (Fsp3) is 0.350. The number of nitrogens with one attached hydrogen (secondary N) is 1. The minimum atomic E-state index is -3.64. The Morgan fingerprint density at radius 2 is 1.75 bits per heavy atom. The van der Waals surface area contributed by atoms with Crippen molar-refractivity contribution in [2.75, 3.05) is 26.2 Å². The van der Waals surface area contributed by atoms with Crippen LogP contribution in [0.1, 0.15) is 18.4 Å². The molecule has 0 atom stereocenters. The van der Waals surface area contributed by atoms with Crippen LogP contribution in [0, 0.1) is 17.1 Å². The topological polar surface area (TPSA) is 82.4 Å². The first-order valence-corrected chi connectivity index (χ1v) is 10.6. The first kappa shape index (κ1) is 20.3. The minimum absolute atomic E-state index is 0.0761. The second-order valence-electron chi connectivity index (χ2n) is 6.68. The van der Waals surface area contributed by atoms with Crippen LogP contribution in [-0.4, -0.2) is 45.6 Å². The molecule has 0 bridgehead atoms. The molecular weight excluding hydrogens is 381 g/mol. The first-order chi connectivity index (χ1) is 13.5. The van der Waals surface area contributed by atoms with Crippen LogP contribution in [0.25, 0.3) is 0 Å². The molecular formula is C20H22FN3O3S. The van der Waals surface area contributed by atoms with Gasteiger partial charge in [0.05, 0.1) is 16.5 Å². The number of sulfonamides is 1. The first-order valence-electron chi connectivity index (χ1n) is 9.09. The van der Waals surface area contributed by atoms with E-state index in [2.05, 4.69) is 15.7 Å². The summed E-state index contributed by atoms with van der Waals surface area (Å²) in [7, 11) is -3.64. The van der Waals surface area contributed by atoms with Gasteiger partial charge >= 0.3 is 0 Å². The third-order valence-corrected chi connectivity index (χ3v) is 6.23. The molecule has 2 aromatic rings. The van der Waals surface area contributed by atoms with Gasteiger partial charge in [0.25, 0.3) is 0 Å². The molecule has 0 aromatic heterocycles. The normalized spacial score (nSPS) is 15.9. The summed E-state index contributed by atoms with van der Waals surface area (Å²) in [6, 6.07) is 13.7. The lowest BCUT2D eigenvalue weighted by atomic mass is 10.1. The van der Waals surface area contributed by atoms with E-state index in [-0.39, 0.29) is 10.9 Å². The van der Waals surface area contributed by atoms with Crippen molar-refractivity contribution in [1.29, 1.82) is 5.26 Å². The Labute approximate surface area is 164 Å². The maximum absolute atomic E-state index is 13.0. The monoisotopic (exact) mass is 403 g/mol. The van der Waals surface area contributed by atoms with E-state index in [0.717, 1.165) is 37.5 Å². The van der Waals surface area contributed by atoms with Crippen LogP contribution in [0.4, 0.5) is 4.39 Å². The number of rotatable bonds is 7. The number of ether oxygens (including phenoxy) is 1. The summed E-state index contributed by atoms with van der Waals surface area (Å²) < 4.78 is 46.1. The molecule has 1 heterocycles. The maximum atomic E-state index is 13.0. The van der Waals surface area contributed by atoms with Crippen LogP contribution < -0.4 is 9.46 Å². The Kier molecular flexibility index (Phi) is 6.62. The summed E-state index contributed by atoms with van der Waals surface area (Å²) in [6.45, 7) is 2.82. The Balaban J connectivity index is 1.41. The van der Waals surface area contributed by atoms with E-state index in [9.17, 15) is 12.8 Å². The zero-order valence-electron chi connectivity index (χ0n) is 15.3. The van der Waals surface area contributed by atoms with Crippen molar-refractivity contribution in [3.8, 4) is 11.8 Å². The highest BCUT2D eigenvalue weighted by molar-refractivity contribution is 7.89. The highest BCUT2D eigenvalue weighted by Gasteiger charge is 2.24. The smallest absolute Gasteiger partial charge is 0.240 e. The maximum Gasteiger partial charge on any atom is 0.240 e. The van der Waals surface area contributed by atoms with Gasteiger partial charge in [0.1, 0.15) is 18.2 Å². The molecule has 1 aliphatic heterocycles. The van der Waals surface area contributed by atoms with Crippen molar-refractivity contribution in [3.63, 3.8) is 0 Å². The van der Waals surface area contributed by atoms with Gasteiger partial charge in [-0.3, -0.25) is 4.90 Å². The Morgan fingerprint density at radius 1 is 1.11 bits per heavy atom. The minimum Gasteiger partial charge on any atom is -0.492 e. The number of halogens is 1. The molecule has 28 heavy (non-hydrogen) atoms. The molecule has 6 nitrogen and oxygen atoms in total. The van der Waals surface area contributed by atoms with Gasteiger partial charge in [-0.1, -0.05) is 0 Å². The molecule has 8 heteroatoms. The van der Waals surface area contributed by atoms with Crippen molar-refractivity contribution >= 4 is 10.0 Å². The van der Waals surface area contributed by atoms with Gasteiger partial charge in [-0.05, 0) is 74.5 Å². The lowest BCUT2D eigenvalue weighted by molar-refractivity contribution is 0.170. The summed E-state index contributed by atoms with van der Waals surface area (Å²) in [6.07, 6.45) is 1.41. The number of hydrogen-bond donors (Lipinski definition) is 1. The number of nitrogens with zero attached hydrogens (tertiary/aromatic N) is 2. The zero-order chi connectivity index (χ0) is 20.0. The van der Waals surface area contributed by atoms with Crippen molar-refractivity contribution in [2.24, 2.45) is 0 Å². The molecule has 148 valence electrons. The summed E-state index contributed by atoms with van der Waals surface area (Å²) in [5.74, 6) is 0.261. The fourth-order valence-corrected chi connectivity index (χ4v) is 4.40. The molecule has 1 fully saturated rings. The van der Waals surface area contributed by atoms with Crippen LogP contribution in [-0.2, 0) is 10.0 Å². The van der Waals surface area contributed by atoms with Crippen molar-refractivity contribution in [1.82, 2.24) is 9.62 Å². The molecule has 3 rings (SSSR count). The lowest BCUT2D eigenvalue weighted by Crippen LogP contribution is -2.45. The van der Waals surface area contributed by atoms with Crippen LogP contribution in [0.2, 0.25) is 0 Å². The molecule has 1 aliphatic rings. The van der Waals surface area contributed by atoms with Gasteiger partial charge in [-0.2, -0.15) is 5.26 Å². The average molecular weight is 403 g/mol. The summed E-state index contributed by atoms with van der Waals surface area (Å²) in [4.78, 5) is 2.30. The molecule has 0 aliphatic carbocycles. The SMILES string of the molecule is N#Cc1ccc(OCCN2CCC(NS(=O)(=O)c3ccc(F)cc3)CC2)cc1. The van der Waals surface area contributed by atoms with E-state index in [0.29, 0.717) is 25.0 Å². The fourth-order valence-electron chi connectivity index (χ4n) is 3.09. The quantitative estimate of drug-likeness (QED) is 0.768.